The Labute approximate surface area is 196 Å². The van der Waals surface area contributed by atoms with Crippen molar-refractivity contribution in [3.63, 3.8) is 0 Å². The molecule has 1 aromatic heterocycles. The first kappa shape index (κ1) is 23.0. The Balaban J connectivity index is 1.74. The molecule has 2 heterocycles. The minimum Gasteiger partial charge on any atom is -0.465 e. The van der Waals surface area contributed by atoms with Crippen molar-refractivity contribution in [1.82, 2.24) is 9.88 Å². The van der Waals surface area contributed by atoms with Crippen LogP contribution in [0.5, 0.6) is 0 Å². The zero-order valence-corrected chi connectivity index (χ0v) is 20.3. The van der Waals surface area contributed by atoms with E-state index < -0.39 is 14.4 Å². The molecular formula is C27H30N2O3Si. The quantitative estimate of drug-likeness (QED) is 0.556. The molecule has 0 spiro atoms. The van der Waals surface area contributed by atoms with E-state index in [0.29, 0.717) is 6.54 Å². The molecule has 6 heteroatoms. The van der Waals surface area contributed by atoms with Crippen molar-refractivity contribution in [3.05, 3.63) is 96.8 Å². The third-order valence-electron chi connectivity index (χ3n) is 6.26. The van der Waals surface area contributed by atoms with E-state index in [2.05, 4.69) is 50.0 Å². The first-order valence-electron chi connectivity index (χ1n) is 11.2. The second-order valence-corrected chi connectivity index (χ2v) is 13.7. The van der Waals surface area contributed by atoms with Crippen LogP contribution in [0, 0.1) is 0 Å². The third kappa shape index (κ3) is 4.49. The maximum atomic E-state index is 12.1. The molecule has 33 heavy (non-hydrogen) atoms. The van der Waals surface area contributed by atoms with Crippen LogP contribution in [0.25, 0.3) is 5.57 Å². The average molecular weight is 459 g/mol. The number of hydrogen-bond donors (Lipinski definition) is 1. The van der Waals surface area contributed by atoms with E-state index in [1.165, 1.54) is 15.3 Å². The molecule has 4 rings (SSSR count). The summed E-state index contributed by atoms with van der Waals surface area (Å²) in [7, 11) is -2.75. The molecule has 170 valence electrons. The van der Waals surface area contributed by atoms with E-state index in [-0.39, 0.29) is 17.7 Å². The second-order valence-electron chi connectivity index (χ2n) is 9.36. The monoisotopic (exact) mass is 458 g/mol. The first-order valence-corrected chi connectivity index (χ1v) is 13.1. The molecule has 1 aliphatic heterocycles. The Kier molecular flexibility index (Phi) is 6.49. The normalized spacial score (nSPS) is 16.5. The van der Waals surface area contributed by atoms with Crippen molar-refractivity contribution in [2.45, 2.75) is 31.9 Å². The van der Waals surface area contributed by atoms with Crippen LogP contribution in [-0.4, -0.2) is 48.6 Å². The number of carbonyl (C=O) groups is 1. The van der Waals surface area contributed by atoms with Gasteiger partial charge in [0.15, 0.2) is 0 Å². The Morgan fingerprint density at radius 2 is 1.58 bits per heavy atom. The van der Waals surface area contributed by atoms with E-state index in [0.717, 1.165) is 11.3 Å². The highest BCUT2D eigenvalue weighted by molar-refractivity contribution is 6.99. The minimum absolute atomic E-state index is 0.171. The molecule has 1 atom stereocenters. The summed E-state index contributed by atoms with van der Waals surface area (Å²) in [5.74, 6) is 0. The smallest absolute Gasteiger partial charge is 0.408 e. The molecule has 1 amide bonds. The summed E-state index contributed by atoms with van der Waals surface area (Å²) in [6, 6.07) is 26.1. The van der Waals surface area contributed by atoms with Gasteiger partial charge in [0, 0.05) is 6.20 Å². The maximum Gasteiger partial charge on any atom is 0.408 e. The summed E-state index contributed by atoms with van der Waals surface area (Å²) in [4.78, 5) is 17.9. The Bertz CT molecular complexity index is 1070. The zero-order chi connectivity index (χ0) is 23.5. The third-order valence-corrected chi connectivity index (χ3v) is 11.3. The molecule has 5 nitrogen and oxygen atoms in total. The largest absolute Gasteiger partial charge is 0.465 e. The fraction of sp³-hybridized carbons (Fsp3) is 0.259. The molecule has 0 aliphatic carbocycles. The van der Waals surface area contributed by atoms with E-state index in [1.807, 2.05) is 60.7 Å². The van der Waals surface area contributed by atoms with Crippen molar-refractivity contribution in [2.75, 3.05) is 13.2 Å². The summed E-state index contributed by atoms with van der Waals surface area (Å²) in [5, 5.41) is 12.1. The van der Waals surface area contributed by atoms with E-state index in [9.17, 15) is 9.90 Å². The van der Waals surface area contributed by atoms with Crippen molar-refractivity contribution >= 4 is 30.4 Å². The summed E-state index contributed by atoms with van der Waals surface area (Å²) < 4.78 is 6.98. The minimum atomic E-state index is -2.75. The molecule has 0 saturated heterocycles. The number of hydrogen-bond acceptors (Lipinski definition) is 3. The highest BCUT2D eigenvalue weighted by Crippen LogP contribution is 2.37. The van der Waals surface area contributed by atoms with Crippen molar-refractivity contribution in [1.29, 1.82) is 0 Å². The van der Waals surface area contributed by atoms with Gasteiger partial charge in [0.1, 0.15) is 0 Å². The second kappa shape index (κ2) is 9.33. The fourth-order valence-electron chi connectivity index (χ4n) is 4.71. The number of nitrogens with zero attached hydrogens (tertiary/aromatic N) is 2. The number of benzene rings is 2. The standard InChI is InChI=1S/C27H30N2O3Si/c1-27(2,3)33(23-12-6-4-7-13-23,24-14-8-5-9-15-24)32-20-22-18-21(19-29(22)26(30)31)25-16-10-11-17-28-25/h4-18,22H,19-20H2,1-3H3,(H,30,31)/t22-/m0/s1. The van der Waals surface area contributed by atoms with Gasteiger partial charge in [0.05, 0.1) is 24.9 Å². The van der Waals surface area contributed by atoms with Crippen LogP contribution in [0.1, 0.15) is 26.5 Å². The summed E-state index contributed by atoms with van der Waals surface area (Å²) in [5.41, 5.74) is 1.71. The molecule has 0 saturated carbocycles. The molecule has 0 bridgehead atoms. The number of carboxylic acid groups (broad SMARTS) is 1. The predicted octanol–water partition coefficient (Wildman–Crippen LogP) is 4.40. The van der Waals surface area contributed by atoms with Crippen LogP contribution in [0.2, 0.25) is 5.04 Å². The number of aromatic nitrogens is 1. The molecule has 2 aromatic carbocycles. The van der Waals surface area contributed by atoms with Gasteiger partial charge in [-0.05, 0) is 33.1 Å². The number of rotatable bonds is 6. The lowest BCUT2D eigenvalue weighted by Crippen LogP contribution is -2.67. The predicted molar refractivity (Wildman–Crippen MR) is 134 cm³/mol. The van der Waals surface area contributed by atoms with E-state index in [1.54, 1.807) is 6.20 Å². The lowest BCUT2D eigenvalue weighted by molar-refractivity contribution is 0.128. The Morgan fingerprint density at radius 3 is 2.06 bits per heavy atom. The van der Waals surface area contributed by atoms with Crippen LogP contribution < -0.4 is 10.4 Å². The van der Waals surface area contributed by atoms with Gasteiger partial charge in [-0.25, -0.2) is 4.79 Å². The average Bonchev–Trinajstić information content (AvgIpc) is 3.25. The summed E-state index contributed by atoms with van der Waals surface area (Å²) >= 11 is 0. The van der Waals surface area contributed by atoms with Crippen LogP contribution in [0.4, 0.5) is 4.79 Å². The topological polar surface area (TPSA) is 62.7 Å². The molecule has 0 unspecified atom stereocenters. The number of pyridine rings is 1. The zero-order valence-electron chi connectivity index (χ0n) is 19.3. The van der Waals surface area contributed by atoms with E-state index in [4.69, 9.17) is 4.43 Å². The van der Waals surface area contributed by atoms with Gasteiger partial charge < -0.3 is 9.53 Å². The molecule has 3 aromatic rings. The van der Waals surface area contributed by atoms with Gasteiger partial charge >= 0.3 is 6.09 Å². The highest BCUT2D eigenvalue weighted by atomic mass is 28.4. The Hall–Kier alpha value is -3.22. The van der Waals surface area contributed by atoms with Crippen LogP contribution in [0.3, 0.4) is 0 Å². The van der Waals surface area contributed by atoms with Crippen LogP contribution in [-0.2, 0) is 4.43 Å². The molecule has 1 aliphatic rings. The SMILES string of the molecule is CC(C)(C)[Si](OC[C@@H]1C=C(c2ccccn2)CN1C(=O)O)(c1ccccc1)c1ccccc1. The summed E-state index contributed by atoms with van der Waals surface area (Å²) in [6.45, 7) is 7.25. The molecular weight excluding hydrogens is 428 g/mol. The highest BCUT2D eigenvalue weighted by Gasteiger charge is 2.50. The van der Waals surface area contributed by atoms with Gasteiger partial charge in [-0.1, -0.05) is 93.6 Å². The lowest BCUT2D eigenvalue weighted by atomic mass is 10.1. The number of amides is 1. The van der Waals surface area contributed by atoms with Gasteiger partial charge in [-0.15, -0.1) is 0 Å². The van der Waals surface area contributed by atoms with Crippen LogP contribution in [0.15, 0.2) is 91.1 Å². The first-order chi connectivity index (χ1) is 15.8. The van der Waals surface area contributed by atoms with Crippen molar-refractivity contribution in [3.8, 4) is 0 Å². The Morgan fingerprint density at radius 1 is 1.00 bits per heavy atom. The van der Waals surface area contributed by atoms with Gasteiger partial charge in [-0.3, -0.25) is 9.88 Å². The van der Waals surface area contributed by atoms with Crippen molar-refractivity contribution in [2.24, 2.45) is 0 Å². The van der Waals surface area contributed by atoms with Gasteiger partial charge in [0.2, 0.25) is 0 Å². The van der Waals surface area contributed by atoms with Gasteiger partial charge in [0.25, 0.3) is 8.32 Å². The van der Waals surface area contributed by atoms with Crippen molar-refractivity contribution < 1.29 is 14.3 Å². The molecule has 0 radical (unpaired) electrons. The molecule has 0 fully saturated rings. The van der Waals surface area contributed by atoms with Crippen LogP contribution >= 0.6 is 0 Å². The molecule has 1 N–H and O–H groups in total. The maximum absolute atomic E-state index is 12.1. The fourth-order valence-corrected chi connectivity index (χ4v) is 9.29. The van der Waals surface area contributed by atoms with E-state index >= 15 is 0 Å². The summed E-state index contributed by atoms with van der Waals surface area (Å²) in [6.07, 6.45) is 2.77. The lowest BCUT2D eigenvalue weighted by Gasteiger charge is -2.43. The van der Waals surface area contributed by atoms with Gasteiger partial charge in [-0.2, -0.15) is 0 Å².